The Hall–Kier alpha value is -5.51. The van der Waals surface area contributed by atoms with Gasteiger partial charge in [-0.3, -0.25) is 14.2 Å². The third kappa shape index (κ3) is 8.70. The highest BCUT2D eigenvalue weighted by atomic mass is 32.2. The molecule has 4 aromatic carbocycles. The molecule has 15 heteroatoms. The van der Waals surface area contributed by atoms with Crippen molar-refractivity contribution in [2.24, 2.45) is 0 Å². The lowest BCUT2D eigenvalue weighted by molar-refractivity contribution is 0.154. The number of sulfonamides is 1. The van der Waals surface area contributed by atoms with Crippen LogP contribution in [0.3, 0.4) is 0 Å². The number of hydrogen-bond donors (Lipinski definition) is 3. The maximum atomic E-state index is 12.3. The SMILES string of the molecule is COc1ccc2c(c1)nc(-c1ccn[nH]1)n2-c1ccc(CCOC(=O)NS(=O)(=O)c2ccc(C)cc2)cc1.Cc1ccc(S(=O)(=O)O)cc1. The molecule has 0 saturated heterocycles. The Morgan fingerprint density at radius 2 is 1.49 bits per heavy atom. The van der Waals surface area contributed by atoms with Crippen LogP contribution in [-0.4, -0.2) is 60.9 Å². The topological polar surface area (TPSA) is 183 Å². The number of carbonyl (C=O) groups excluding carboxylic acids is 1. The lowest BCUT2D eigenvalue weighted by atomic mass is 10.1. The van der Waals surface area contributed by atoms with Gasteiger partial charge in [-0.05, 0) is 74.0 Å². The lowest BCUT2D eigenvalue weighted by Gasteiger charge is -2.11. The zero-order valence-corrected chi connectivity index (χ0v) is 28.3. The maximum Gasteiger partial charge on any atom is 0.421 e. The van der Waals surface area contributed by atoms with E-state index in [1.807, 2.05) is 71.7 Å². The van der Waals surface area contributed by atoms with Gasteiger partial charge in [0.15, 0.2) is 5.82 Å². The molecule has 6 aromatic rings. The molecule has 0 aliphatic rings. The molecule has 0 aliphatic heterocycles. The van der Waals surface area contributed by atoms with E-state index >= 15 is 0 Å². The number of ether oxygens (including phenoxy) is 2. The van der Waals surface area contributed by atoms with Crippen LogP contribution in [0.25, 0.3) is 28.2 Å². The van der Waals surface area contributed by atoms with Crippen molar-refractivity contribution in [3.8, 4) is 23.0 Å². The molecule has 0 fully saturated rings. The Kier molecular flexibility index (Phi) is 10.5. The van der Waals surface area contributed by atoms with Gasteiger partial charge in [0.25, 0.3) is 20.1 Å². The minimum absolute atomic E-state index is 0.00407. The molecule has 49 heavy (non-hydrogen) atoms. The number of H-pyrrole nitrogens is 1. The van der Waals surface area contributed by atoms with Crippen molar-refractivity contribution < 1.29 is 35.7 Å². The number of nitrogens with zero attached hydrogens (tertiary/aromatic N) is 3. The van der Waals surface area contributed by atoms with E-state index < -0.39 is 26.2 Å². The smallest absolute Gasteiger partial charge is 0.421 e. The summed E-state index contributed by atoms with van der Waals surface area (Å²) in [6.45, 7) is 3.70. The third-order valence-electron chi connectivity index (χ3n) is 7.29. The summed E-state index contributed by atoms with van der Waals surface area (Å²) in [6, 6.07) is 27.5. The zero-order valence-electron chi connectivity index (χ0n) is 26.7. The zero-order chi connectivity index (χ0) is 35.2. The van der Waals surface area contributed by atoms with Gasteiger partial charge in [0, 0.05) is 24.4 Å². The average molecular weight is 704 g/mol. The highest BCUT2D eigenvalue weighted by Gasteiger charge is 2.19. The van der Waals surface area contributed by atoms with Crippen molar-refractivity contribution in [3.05, 3.63) is 120 Å². The van der Waals surface area contributed by atoms with Crippen LogP contribution in [-0.2, 0) is 31.3 Å². The molecule has 0 unspecified atom stereocenters. The van der Waals surface area contributed by atoms with Crippen LogP contribution in [0.1, 0.15) is 16.7 Å². The van der Waals surface area contributed by atoms with E-state index in [1.54, 1.807) is 37.6 Å². The number of rotatable bonds is 9. The van der Waals surface area contributed by atoms with Gasteiger partial charge < -0.3 is 9.47 Å². The Morgan fingerprint density at radius 3 is 2.06 bits per heavy atom. The predicted octanol–water partition coefficient (Wildman–Crippen LogP) is 5.63. The first kappa shape index (κ1) is 34.8. The monoisotopic (exact) mass is 703 g/mol. The van der Waals surface area contributed by atoms with Crippen LogP contribution in [0.2, 0.25) is 0 Å². The van der Waals surface area contributed by atoms with E-state index in [4.69, 9.17) is 19.0 Å². The molecule has 1 amide bonds. The first-order chi connectivity index (χ1) is 23.3. The molecule has 0 saturated carbocycles. The summed E-state index contributed by atoms with van der Waals surface area (Å²) >= 11 is 0. The number of amides is 1. The summed E-state index contributed by atoms with van der Waals surface area (Å²) in [7, 11) is -6.40. The van der Waals surface area contributed by atoms with Gasteiger partial charge in [-0.2, -0.15) is 13.5 Å². The molecule has 0 bridgehead atoms. The van der Waals surface area contributed by atoms with Crippen LogP contribution in [0, 0.1) is 13.8 Å². The van der Waals surface area contributed by atoms with Crippen molar-refractivity contribution in [2.45, 2.75) is 30.1 Å². The molecule has 3 N–H and O–H groups in total. The van der Waals surface area contributed by atoms with E-state index in [0.717, 1.165) is 39.1 Å². The second-order valence-corrected chi connectivity index (χ2v) is 14.0. The number of methoxy groups -OCH3 is 1. The van der Waals surface area contributed by atoms with E-state index in [-0.39, 0.29) is 16.4 Å². The van der Waals surface area contributed by atoms with Gasteiger partial charge in [-0.15, -0.1) is 0 Å². The summed E-state index contributed by atoms with van der Waals surface area (Å²) in [5.74, 6) is 1.41. The number of aromatic amines is 1. The van der Waals surface area contributed by atoms with Gasteiger partial charge in [0.05, 0.1) is 34.5 Å². The summed E-state index contributed by atoms with van der Waals surface area (Å²) in [5.41, 5.74) is 6.11. The molecule has 0 radical (unpaired) electrons. The molecule has 2 aromatic heterocycles. The van der Waals surface area contributed by atoms with Crippen LogP contribution in [0.15, 0.2) is 113 Å². The summed E-state index contributed by atoms with van der Waals surface area (Å²) in [5, 5.41) is 7.02. The Bertz CT molecular complexity index is 2270. The first-order valence-corrected chi connectivity index (χ1v) is 17.7. The van der Waals surface area contributed by atoms with E-state index in [2.05, 4.69) is 10.2 Å². The largest absolute Gasteiger partial charge is 0.497 e. The van der Waals surface area contributed by atoms with Crippen molar-refractivity contribution >= 4 is 37.3 Å². The molecule has 0 spiro atoms. The van der Waals surface area contributed by atoms with Gasteiger partial charge in [-0.25, -0.2) is 22.9 Å². The molecule has 6 rings (SSSR count). The predicted molar refractivity (Wildman–Crippen MR) is 183 cm³/mol. The minimum atomic E-state index is -4.02. The molecule has 254 valence electrons. The lowest BCUT2D eigenvalue weighted by Crippen LogP contribution is -2.31. The second-order valence-electron chi connectivity index (χ2n) is 10.9. The van der Waals surface area contributed by atoms with Gasteiger partial charge in [-0.1, -0.05) is 47.5 Å². The van der Waals surface area contributed by atoms with Crippen LogP contribution >= 0.6 is 0 Å². The summed E-state index contributed by atoms with van der Waals surface area (Å²) < 4.78 is 68.7. The van der Waals surface area contributed by atoms with Crippen LogP contribution < -0.4 is 9.46 Å². The highest BCUT2D eigenvalue weighted by Crippen LogP contribution is 2.30. The Balaban J connectivity index is 0.000000363. The molecule has 0 aliphatic carbocycles. The van der Waals surface area contributed by atoms with Crippen molar-refractivity contribution in [1.29, 1.82) is 0 Å². The maximum absolute atomic E-state index is 12.3. The first-order valence-electron chi connectivity index (χ1n) is 14.8. The van der Waals surface area contributed by atoms with Crippen LogP contribution in [0.5, 0.6) is 5.75 Å². The number of hydrogen-bond acceptors (Lipinski definition) is 9. The van der Waals surface area contributed by atoms with Gasteiger partial charge in [0.1, 0.15) is 11.4 Å². The third-order valence-corrected chi connectivity index (χ3v) is 9.49. The Labute approximate surface area is 283 Å². The quantitative estimate of drug-likeness (QED) is 0.160. The van der Waals surface area contributed by atoms with Crippen molar-refractivity contribution in [2.75, 3.05) is 13.7 Å². The van der Waals surface area contributed by atoms with Crippen molar-refractivity contribution in [3.63, 3.8) is 0 Å². The fourth-order valence-electron chi connectivity index (χ4n) is 4.71. The number of benzene rings is 4. The molecular formula is C34H33N5O8S2. The number of carbonyl (C=O) groups is 1. The fourth-order valence-corrected chi connectivity index (χ4v) is 6.08. The van der Waals surface area contributed by atoms with Crippen molar-refractivity contribution in [1.82, 2.24) is 24.5 Å². The standard InChI is InChI=1S/C27H25N5O5S.C7H8O3S/c1-18-3-10-22(11-4-18)38(34,35)31-27(33)37-16-14-19-5-7-20(8-6-19)32-25-12-9-21(36-2)17-24(25)29-26(32)23-13-15-28-30-23;1-6-2-4-7(5-3-6)11(8,9)10/h3-13,15,17H,14,16H2,1-2H3,(H,28,30)(H,31,33);2-5H,1H3,(H,8,9,10). The van der Waals surface area contributed by atoms with E-state index in [1.165, 1.54) is 24.3 Å². The molecular weight excluding hydrogens is 671 g/mol. The number of fused-ring (bicyclic) bond motifs is 1. The molecule has 2 heterocycles. The number of nitrogens with one attached hydrogen (secondary N) is 2. The number of imidazole rings is 1. The molecule has 13 nitrogen and oxygen atoms in total. The Morgan fingerprint density at radius 1 is 0.857 bits per heavy atom. The van der Waals surface area contributed by atoms with Gasteiger partial charge >= 0.3 is 6.09 Å². The second kappa shape index (κ2) is 14.7. The van der Waals surface area contributed by atoms with E-state index in [9.17, 15) is 21.6 Å². The normalized spacial score (nSPS) is 11.4. The van der Waals surface area contributed by atoms with E-state index in [0.29, 0.717) is 18.0 Å². The highest BCUT2D eigenvalue weighted by molar-refractivity contribution is 7.90. The summed E-state index contributed by atoms with van der Waals surface area (Å²) in [6.07, 6.45) is 1.06. The summed E-state index contributed by atoms with van der Waals surface area (Å²) in [4.78, 5) is 16.8. The number of aromatic nitrogens is 4. The number of aryl methyl sites for hydroxylation is 2. The van der Waals surface area contributed by atoms with Crippen LogP contribution in [0.4, 0.5) is 4.79 Å². The van der Waals surface area contributed by atoms with Gasteiger partial charge in [0.2, 0.25) is 0 Å². The fraction of sp³-hybridized carbons (Fsp3) is 0.147. The average Bonchev–Trinajstić information content (AvgIpc) is 3.73. The molecule has 0 atom stereocenters. The minimum Gasteiger partial charge on any atom is -0.497 e.